The minimum Gasteiger partial charge on any atom is -0.0914 e. The fraction of sp³-hybridized carbons (Fsp3) is 0.857. The zero-order valence-electron chi connectivity index (χ0n) is 9.80. The number of hydrogen-bond acceptors (Lipinski definition) is 0. The van der Waals surface area contributed by atoms with Crippen molar-refractivity contribution < 1.29 is 0 Å². The molecule has 14 heavy (non-hydrogen) atoms. The molecule has 1 aliphatic rings. The minimum atomic E-state index is 0.887. The van der Waals surface area contributed by atoms with Crippen LogP contribution in [0.5, 0.6) is 0 Å². The Morgan fingerprint density at radius 2 is 1.14 bits per heavy atom. The predicted octanol–water partition coefficient (Wildman–Crippen LogP) is 5.09. The largest absolute Gasteiger partial charge is 0.0914 e. The molecule has 0 heteroatoms. The van der Waals surface area contributed by atoms with E-state index in [0.29, 0.717) is 0 Å². The summed E-state index contributed by atoms with van der Waals surface area (Å²) in [6, 6.07) is 0. The smallest absolute Gasteiger partial charge is 0.0234 e. The van der Waals surface area contributed by atoms with Gasteiger partial charge in [0, 0.05) is 0 Å². The van der Waals surface area contributed by atoms with Gasteiger partial charge >= 0.3 is 0 Å². The van der Waals surface area contributed by atoms with Crippen LogP contribution in [0, 0.1) is 5.92 Å². The molecule has 0 aromatic rings. The lowest BCUT2D eigenvalue weighted by atomic mass is 9.95. The van der Waals surface area contributed by atoms with Crippen LogP contribution in [0.1, 0.15) is 71.1 Å². The normalized spacial score (nSPS) is 23.5. The van der Waals surface area contributed by atoms with Gasteiger partial charge in [-0.05, 0) is 25.7 Å². The molecule has 0 aliphatic heterocycles. The third kappa shape index (κ3) is 5.47. The summed E-state index contributed by atoms with van der Waals surface area (Å²) < 4.78 is 0. The highest BCUT2D eigenvalue weighted by Crippen LogP contribution is 2.21. The Morgan fingerprint density at radius 1 is 0.714 bits per heavy atom. The van der Waals surface area contributed by atoms with E-state index in [1.54, 1.807) is 0 Å². The maximum atomic E-state index is 2.43. The van der Waals surface area contributed by atoms with Gasteiger partial charge in [-0.2, -0.15) is 0 Å². The van der Waals surface area contributed by atoms with Gasteiger partial charge in [0.05, 0.1) is 0 Å². The summed E-state index contributed by atoms with van der Waals surface area (Å²) in [6.07, 6.45) is 19.3. The van der Waals surface area contributed by atoms with E-state index in [2.05, 4.69) is 19.1 Å². The standard InChI is InChI=1S/C14H26/c1-2-11-14-12-9-7-5-3-4-6-8-10-13-14/h2,11,14H,3-10,12-13H2,1H3. The molecule has 0 amide bonds. The summed E-state index contributed by atoms with van der Waals surface area (Å²) in [5, 5.41) is 0. The highest BCUT2D eigenvalue weighted by molar-refractivity contribution is 4.85. The number of allylic oxidation sites excluding steroid dienone is 2. The lowest BCUT2D eigenvalue weighted by Gasteiger charge is -2.11. The van der Waals surface area contributed by atoms with Crippen LogP contribution in [0.2, 0.25) is 0 Å². The zero-order chi connectivity index (χ0) is 10.1. The average molecular weight is 194 g/mol. The molecule has 0 heterocycles. The van der Waals surface area contributed by atoms with Crippen molar-refractivity contribution in [3.05, 3.63) is 12.2 Å². The van der Waals surface area contributed by atoms with Crippen molar-refractivity contribution in [2.45, 2.75) is 71.1 Å². The van der Waals surface area contributed by atoms with E-state index in [9.17, 15) is 0 Å². The Balaban J connectivity index is 2.27. The Kier molecular flexibility index (Phi) is 6.82. The van der Waals surface area contributed by atoms with Gasteiger partial charge in [-0.1, -0.05) is 63.5 Å². The van der Waals surface area contributed by atoms with Crippen molar-refractivity contribution in [3.8, 4) is 0 Å². The first-order valence-electron chi connectivity index (χ1n) is 6.56. The molecule has 1 aliphatic carbocycles. The van der Waals surface area contributed by atoms with Crippen LogP contribution >= 0.6 is 0 Å². The summed E-state index contributed by atoms with van der Waals surface area (Å²) in [5.41, 5.74) is 0. The van der Waals surface area contributed by atoms with E-state index >= 15 is 0 Å². The molecule has 82 valence electrons. The molecule has 0 aromatic carbocycles. The van der Waals surface area contributed by atoms with Gasteiger partial charge in [0.2, 0.25) is 0 Å². The van der Waals surface area contributed by atoms with Crippen molar-refractivity contribution in [3.63, 3.8) is 0 Å². The highest BCUT2D eigenvalue weighted by Gasteiger charge is 2.05. The molecule has 0 aromatic heterocycles. The zero-order valence-corrected chi connectivity index (χ0v) is 9.80. The second-order valence-corrected chi connectivity index (χ2v) is 4.69. The third-order valence-electron chi connectivity index (χ3n) is 3.36. The van der Waals surface area contributed by atoms with Crippen LogP contribution in [0.15, 0.2) is 12.2 Å². The number of hydrogen-bond donors (Lipinski definition) is 0. The van der Waals surface area contributed by atoms with Gasteiger partial charge in [-0.15, -0.1) is 0 Å². The Labute approximate surface area is 89.8 Å². The second kappa shape index (κ2) is 8.08. The van der Waals surface area contributed by atoms with E-state index in [4.69, 9.17) is 0 Å². The van der Waals surface area contributed by atoms with Crippen LogP contribution in [-0.4, -0.2) is 0 Å². The molecular formula is C14H26. The van der Waals surface area contributed by atoms with Gasteiger partial charge < -0.3 is 0 Å². The predicted molar refractivity (Wildman–Crippen MR) is 64.5 cm³/mol. The first-order chi connectivity index (χ1) is 6.93. The summed E-state index contributed by atoms with van der Waals surface area (Å²) in [4.78, 5) is 0. The molecule has 0 radical (unpaired) electrons. The lowest BCUT2D eigenvalue weighted by molar-refractivity contribution is 0.487. The molecule has 0 saturated heterocycles. The van der Waals surface area contributed by atoms with Gasteiger partial charge in [0.15, 0.2) is 0 Å². The summed E-state index contributed by atoms with van der Waals surface area (Å²) in [5.74, 6) is 0.887. The van der Waals surface area contributed by atoms with Crippen LogP contribution in [-0.2, 0) is 0 Å². The molecule has 1 fully saturated rings. The van der Waals surface area contributed by atoms with E-state index in [0.717, 1.165) is 5.92 Å². The minimum absolute atomic E-state index is 0.887. The fourth-order valence-electron chi connectivity index (χ4n) is 2.48. The van der Waals surface area contributed by atoms with E-state index in [1.165, 1.54) is 64.2 Å². The van der Waals surface area contributed by atoms with Crippen LogP contribution in [0.25, 0.3) is 0 Å². The quantitative estimate of drug-likeness (QED) is 0.510. The molecule has 0 spiro atoms. The molecular weight excluding hydrogens is 168 g/mol. The first-order valence-corrected chi connectivity index (χ1v) is 6.56. The maximum absolute atomic E-state index is 2.43. The van der Waals surface area contributed by atoms with Crippen LogP contribution < -0.4 is 0 Å². The van der Waals surface area contributed by atoms with Gasteiger partial charge in [0.1, 0.15) is 0 Å². The van der Waals surface area contributed by atoms with Crippen molar-refractivity contribution in [1.29, 1.82) is 0 Å². The molecule has 1 saturated carbocycles. The molecule has 1 rings (SSSR count). The van der Waals surface area contributed by atoms with Crippen LogP contribution in [0.3, 0.4) is 0 Å². The van der Waals surface area contributed by atoms with Crippen molar-refractivity contribution in [2.75, 3.05) is 0 Å². The Morgan fingerprint density at radius 3 is 1.57 bits per heavy atom. The van der Waals surface area contributed by atoms with Gasteiger partial charge in [-0.3, -0.25) is 0 Å². The Hall–Kier alpha value is -0.260. The van der Waals surface area contributed by atoms with E-state index in [-0.39, 0.29) is 0 Å². The van der Waals surface area contributed by atoms with E-state index < -0.39 is 0 Å². The summed E-state index contributed by atoms with van der Waals surface area (Å²) in [6.45, 7) is 2.16. The van der Waals surface area contributed by atoms with Crippen molar-refractivity contribution >= 4 is 0 Å². The topological polar surface area (TPSA) is 0 Å². The SMILES string of the molecule is CC=CC1CCCCCCCCCC1. The fourth-order valence-corrected chi connectivity index (χ4v) is 2.48. The first kappa shape index (κ1) is 11.8. The van der Waals surface area contributed by atoms with E-state index in [1.807, 2.05) is 0 Å². The lowest BCUT2D eigenvalue weighted by Crippen LogP contribution is -1.96. The molecule has 0 unspecified atom stereocenters. The Bertz CT molecular complexity index is 134. The molecule has 0 N–H and O–H groups in total. The van der Waals surface area contributed by atoms with Gasteiger partial charge in [0.25, 0.3) is 0 Å². The molecule has 0 nitrogen and oxygen atoms in total. The second-order valence-electron chi connectivity index (χ2n) is 4.69. The summed E-state index contributed by atoms with van der Waals surface area (Å²) >= 11 is 0. The monoisotopic (exact) mass is 194 g/mol. The van der Waals surface area contributed by atoms with Crippen molar-refractivity contribution in [1.82, 2.24) is 0 Å². The van der Waals surface area contributed by atoms with Gasteiger partial charge in [-0.25, -0.2) is 0 Å². The maximum Gasteiger partial charge on any atom is -0.0234 e. The van der Waals surface area contributed by atoms with Crippen LogP contribution in [0.4, 0.5) is 0 Å². The average Bonchev–Trinajstić information content (AvgIpc) is 2.24. The van der Waals surface area contributed by atoms with Crippen molar-refractivity contribution in [2.24, 2.45) is 5.92 Å². The molecule has 0 bridgehead atoms. The number of rotatable bonds is 1. The molecule has 0 atom stereocenters. The highest BCUT2D eigenvalue weighted by atomic mass is 14.1. The summed E-state index contributed by atoms with van der Waals surface area (Å²) in [7, 11) is 0. The third-order valence-corrected chi connectivity index (χ3v) is 3.36.